The van der Waals surface area contributed by atoms with Gasteiger partial charge < -0.3 is 19.1 Å². The minimum absolute atomic E-state index is 0.0214. The van der Waals surface area contributed by atoms with E-state index in [9.17, 15) is 0 Å². The lowest BCUT2D eigenvalue weighted by Gasteiger charge is -2.17. The molecule has 92 valence electrons. The summed E-state index contributed by atoms with van der Waals surface area (Å²) in [5, 5.41) is 0. The summed E-state index contributed by atoms with van der Waals surface area (Å²) in [6.07, 6.45) is 4.30. The number of hydrogen-bond acceptors (Lipinski definition) is 4. The Balaban J connectivity index is 1.58. The highest BCUT2D eigenvalue weighted by molar-refractivity contribution is 4.78. The normalized spacial score (nSPS) is 27.6. The van der Waals surface area contributed by atoms with Crippen LogP contribution in [-0.4, -0.2) is 56.7 Å². The van der Waals surface area contributed by atoms with E-state index in [2.05, 4.69) is 11.5 Å². The zero-order valence-corrected chi connectivity index (χ0v) is 9.77. The van der Waals surface area contributed by atoms with Crippen molar-refractivity contribution >= 4 is 0 Å². The van der Waals surface area contributed by atoms with Crippen molar-refractivity contribution in [3.63, 3.8) is 0 Å². The molecule has 0 aromatic heterocycles. The molecule has 1 atom stereocenters. The summed E-state index contributed by atoms with van der Waals surface area (Å²) in [6.45, 7) is 9.00. The van der Waals surface area contributed by atoms with Crippen molar-refractivity contribution in [2.24, 2.45) is 0 Å². The minimum Gasteiger partial charge on any atom is -0.373 e. The summed E-state index contributed by atoms with van der Waals surface area (Å²) < 4.78 is 16.5. The Morgan fingerprint density at radius 1 is 1.38 bits per heavy atom. The molecule has 0 spiro atoms. The van der Waals surface area contributed by atoms with E-state index in [-0.39, 0.29) is 6.29 Å². The Morgan fingerprint density at radius 2 is 2.19 bits per heavy atom. The van der Waals surface area contributed by atoms with Crippen LogP contribution in [0.2, 0.25) is 0 Å². The van der Waals surface area contributed by atoms with Crippen LogP contribution in [0.15, 0.2) is 12.7 Å². The first-order valence-corrected chi connectivity index (χ1v) is 6.06. The lowest BCUT2D eigenvalue weighted by molar-refractivity contribution is -0.0512. The van der Waals surface area contributed by atoms with Gasteiger partial charge in [-0.3, -0.25) is 0 Å². The molecule has 2 aliphatic rings. The summed E-state index contributed by atoms with van der Waals surface area (Å²) >= 11 is 0. The maximum absolute atomic E-state index is 5.63. The Labute approximate surface area is 97.2 Å². The van der Waals surface area contributed by atoms with Crippen LogP contribution in [0.25, 0.3) is 0 Å². The fraction of sp³-hybridized carbons (Fsp3) is 0.833. The molecule has 4 heteroatoms. The Bertz CT molecular complexity index is 216. The van der Waals surface area contributed by atoms with Crippen LogP contribution in [0, 0.1) is 0 Å². The summed E-state index contributed by atoms with van der Waals surface area (Å²) in [4.78, 5) is 2.42. The number of nitrogens with zero attached hydrogens (tertiary/aromatic N) is 1. The van der Waals surface area contributed by atoms with E-state index >= 15 is 0 Å². The largest absolute Gasteiger partial charge is 0.373 e. The third-order valence-electron chi connectivity index (χ3n) is 3.05. The van der Waals surface area contributed by atoms with Gasteiger partial charge in [0.15, 0.2) is 6.29 Å². The lowest BCUT2D eigenvalue weighted by atomic mass is 10.3. The van der Waals surface area contributed by atoms with Crippen LogP contribution in [-0.2, 0) is 14.2 Å². The molecule has 0 radical (unpaired) electrons. The van der Waals surface area contributed by atoms with Crippen molar-refractivity contribution in [1.82, 2.24) is 4.90 Å². The molecule has 0 saturated carbocycles. The zero-order chi connectivity index (χ0) is 11.2. The molecule has 0 bridgehead atoms. The predicted molar refractivity (Wildman–Crippen MR) is 61.3 cm³/mol. The molecule has 2 saturated heterocycles. The van der Waals surface area contributed by atoms with Crippen molar-refractivity contribution < 1.29 is 14.2 Å². The Morgan fingerprint density at radius 3 is 2.94 bits per heavy atom. The number of likely N-dealkylation sites (tertiary alicyclic amines) is 1. The molecule has 0 amide bonds. The van der Waals surface area contributed by atoms with Crippen molar-refractivity contribution in [3.8, 4) is 0 Å². The van der Waals surface area contributed by atoms with E-state index in [4.69, 9.17) is 14.2 Å². The van der Waals surface area contributed by atoms with Gasteiger partial charge in [-0.25, -0.2) is 0 Å². The van der Waals surface area contributed by atoms with Crippen LogP contribution in [0.4, 0.5) is 0 Å². The summed E-state index contributed by atoms with van der Waals surface area (Å²) in [5.41, 5.74) is 0. The van der Waals surface area contributed by atoms with Crippen LogP contribution in [0.5, 0.6) is 0 Å². The topological polar surface area (TPSA) is 30.9 Å². The molecular weight excluding hydrogens is 206 g/mol. The summed E-state index contributed by atoms with van der Waals surface area (Å²) in [7, 11) is 0. The second-order valence-corrected chi connectivity index (χ2v) is 4.29. The van der Waals surface area contributed by atoms with Gasteiger partial charge in [-0.05, 0) is 6.42 Å². The van der Waals surface area contributed by atoms with Crippen LogP contribution in [0.1, 0.15) is 12.8 Å². The Hall–Kier alpha value is -0.420. The maximum atomic E-state index is 5.63. The van der Waals surface area contributed by atoms with E-state index in [1.54, 1.807) is 0 Å². The van der Waals surface area contributed by atoms with Gasteiger partial charge in [-0.2, -0.15) is 0 Å². The quantitative estimate of drug-likeness (QED) is 0.634. The van der Waals surface area contributed by atoms with Gasteiger partial charge in [-0.15, -0.1) is 6.58 Å². The molecule has 2 heterocycles. The Kier molecular flexibility index (Phi) is 4.78. The monoisotopic (exact) mass is 227 g/mol. The van der Waals surface area contributed by atoms with Gasteiger partial charge in [0.1, 0.15) is 0 Å². The van der Waals surface area contributed by atoms with Crippen molar-refractivity contribution in [3.05, 3.63) is 12.7 Å². The highest BCUT2D eigenvalue weighted by Crippen LogP contribution is 2.15. The van der Waals surface area contributed by atoms with Gasteiger partial charge in [0.25, 0.3) is 0 Å². The van der Waals surface area contributed by atoms with Crippen molar-refractivity contribution in [2.45, 2.75) is 25.2 Å². The van der Waals surface area contributed by atoms with E-state index in [0.29, 0.717) is 12.7 Å². The minimum atomic E-state index is 0.0214. The third-order valence-corrected chi connectivity index (χ3v) is 3.05. The molecule has 2 rings (SSSR count). The van der Waals surface area contributed by atoms with Gasteiger partial charge in [0, 0.05) is 26.1 Å². The van der Waals surface area contributed by atoms with Crippen LogP contribution < -0.4 is 0 Å². The zero-order valence-electron chi connectivity index (χ0n) is 9.77. The second-order valence-electron chi connectivity index (χ2n) is 4.29. The molecular formula is C12H21NO3. The first-order valence-electron chi connectivity index (χ1n) is 6.06. The molecule has 0 aromatic rings. The highest BCUT2D eigenvalue weighted by atomic mass is 16.7. The number of ether oxygens (including phenoxy) is 3. The first kappa shape index (κ1) is 12.0. The molecule has 0 N–H and O–H groups in total. The van der Waals surface area contributed by atoms with Gasteiger partial charge in [0.2, 0.25) is 0 Å². The van der Waals surface area contributed by atoms with E-state index in [1.807, 2.05) is 6.08 Å². The smallest absolute Gasteiger partial charge is 0.159 e. The van der Waals surface area contributed by atoms with Crippen molar-refractivity contribution in [1.29, 1.82) is 0 Å². The molecule has 4 nitrogen and oxygen atoms in total. The van der Waals surface area contributed by atoms with Gasteiger partial charge >= 0.3 is 0 Å². The molecule has 1 unspecified atom stereocenters. The average Bonchev–Trinajstić information content (AvgIpc) is 2.95. The fourth-order valence-corrected chi connectivity index (χ4v) is 2.20. The highest BCUT2D eigenvalue weighted by Gasteiger charge is 2.24. The molecule has 0 aliphatic carbocycles. The SMILES string of the molecule is C=CCOC1CCN(CCC2OCCO2)C1. The second kappa shape index (κ2) is 6.35. The van der Waals surface area contributed by atoms with Crippen molar-refractivity contribution in [2.75, 3.05) is 39.5 Å². The predicted octanol–water partition coefficient (Wildman–Crippen LogP) is 1.03. The molecule has 2 fully saturated rings. The van der Waals surface area contributed by atoms with Gasteiger partial charge in [0.05, 0.1) is 25.9 Å². The van der Waals surface area contributed by atoms with Crippen LogP contribution >= 0.6 is 0 Å². The summed E-state index contributed by atoms with van der Waals surface area (Å²) in [6, 6.07) is 0. The standard InChI is InChI=1S/C12H21NO3/c1-2-7-14-11-3-5-13(10-11)6-4-12-15-8-9-16-12/h2,11-12H,1,3-10H2. The number of hydrogen-bond donors (Lipinski definition) is 0. The first-order chi connectivity index (χ1) is 7.88. The maximum Gasteiger partial charge on any atom is 0.159 e. The summed E-state index contributed by atoms with van der Waals surface area (Å²) in [5.74, 6) is 0. The molecule has 0 aromatic carbocycles. The van der Waals surface area contributed by atoms with E-state index < -0.39 is 0 Å². The fourth-order valence-electron chi connectivity index (χ4n) is 2.20. The molecule has 2 aliphatic heterocycles. The van der Waals surface area contributed by atoms with E-state index in [0.717, 1.165) is 45.7 Å². The molecule has 16 heavy (non-hydrogen) atoms. The van der Waals surface area contributed by atoms with Crippen LogP contribution in [0.3, 0.4) is 0 Å². The number of rotatable bonds is 6. The third kappa shape index (κ3) is 3.56. The van der Waals surface area contributed by atoms with Gasteiger partial charge in [-0.1, -0.05) is 6.08 Å². The van der Waals surface area contributed by atoms with E-state index in [1.165, 1.54) is 0 Å². The average molecular weight is 227 g/mol. The lowest BCUT2D eigenvalue weighted by Crippen LogP contribution is -2.27.